The summed E-state index contributed by atoms with van der Waals surface area (Å²) in [4.78, 5) is 24.7. The normalized spacial score (nSPS) is 11.9. The lowest BCUT2D eigenvalue weighted by Crippen LogP contribution is -2.40. The molecule has 1 atom stereocenters. The number of nitrogens with one attached hydrogen (secondary N) is 1. The molecule has 24 heavy (non-hydrogen) atoms. The molecule has 1 aromatic heterocycles. The number of carbonyl (C=O) groups is 2. The number of rotatable bonds is 9. The van der Waals surface area contributed by atoms with Gasteiger partial charge in [-0.15, -0.1) is 11.8 Å². The molecule has 1 unspecified atom stereocenters. The summed E-state index contributed by atoms with van der Waals surface area (Å²) in [5, 5.41) is 11.8. The van der Waals surface area contributed by atoms with Crippen molar-refractivity contribution in [2.24, 2.45) is 0 Å². The smallest absolute Gasteiger partial charge is 0.326 e. The third-order valence-corrected chi connectivity index (χ3v) is 4.60. The fraction of sp³-hybridized carbons (Fsp3) is 0.333. The number of unbranched alkanes of at least 4 members (excludes halogenated alkanes) is 1. The van der Waals surface area contributed by atoms with Gasteiger partial charge in [-0.25, -0.2) is 4.79 Å². The van der Waals surface area contributed by atoms with Gasteiger partial charge in [0.05, 0.1) is 6.26 Å². The van der Waals surface area contributed by atoms with Crippen LogP contribution >= 0.6 is 11.8 Å². The molecule has 0 saturated carbocycles. The van der Waals surface area contributed by atoms with Crippen LogP contribution in [0, 0.1) is 0 Å². The highest BCUT2D eigenvalue weighted by atomic mass is 32.2. The predicted molar refractivity (Wildman–Crippen MR) is 93.1 cm³/mol. The summed E-state index contributed by atoms with van der Waals surface area (Å²) in [6.07, 6.45) is 3.48. The average Bonchev–Trinajstić information content (AvgIpc) is 3.06. The van der Waals surface area contributed by atoms with Crippen LogP contribution in [0.2, 0.25) is 0 Å². The number of carbonyl (C=O) groups excluding carboxylic acids is 1. The van der Waals surface area contributed by atoms with Crippen LogP contribution in [0.15, 0.2) is 52.0 Å². The third-order valence-electron chi connectivity index (χ3n) is 3.54. The Bertz CT molecular complexity index is 669. The van der Waals surface area contributed by atoms with Gasteiger partial charge in [-0.2, -0.15) is 0 Å². The predicted octanol–water partition coefficient (Wildman–Crippen LogP) is 3.95. The number of aliphatic carboxylic acids is 1. The highest BCUT2D eigenvalue weighted by Gasteiger charge is 2.23. The number of thioether (sulfide) groups is 1. The molecule has 2 N–H and O–H groups in total. The number of hydrogen-bond acceptors (Lipinski definition) is 4. The second-order valence-corrected chi connectivity index (χ2v) is 6.43. The Kier molecular flexibility index (Phi) is 6.93. The first-order chi connectivity index (χ1) is 11.6. The topological polar surface area (TPSA) is 79.5 Å². The third kappa shape index (κ3) is 5.16. The van der Waals surface area contributed by atoms with E-state index in [0.717, 1.165) is 23.3 Å². The zero-order valence-electron chi connectivity index (χ0n) is 13.5. The Labute approximate surface area is 145 Å². The zero-order valence-corrected chi connectivity index (χ0v) is 14.3. The van der Waals surface area contributed by atoms with Crippen LogP contribution < -0.4 is 5.32 Å². The minimum atomic E-state index is -1.02. The lowest BCUT2D eigenvalue weighted by molar-refractivity contribution is -0.139. The molecule has 1 aromatic carbocycles. The Morgan fingerprint density at radius 3 is 2.67 bits per heavy atom. The van der Waals surface area contributed by atoms with Crippen LogP contribution in [-0.4, -0.2) is 23.0 Å². The average molecular weight is 347 g/mol. The van der Waals surface area contributed by atoms with E-state index in [4.69, 9.17) is 4.42 Å². The Hall–Kier alpha value is -2.21. The van der Waals surface area contributed by atoms with E-state index in [1.54, 1.807) is 17.8 Å². The fourth-order valence-corrected chi connectivity index (χ4v) is 3.11. The van der Waals surface area contributed by atoms with E-state index in [-0.39, 0.29) is 5.76 Å². The van der Waals surface area contributed by atoms with E-state index in [1.807, 2.05) is 37.3 Å². The molecule has 0 radical (unpaired) electrons. The van der Waals surface area contributed by atoms with Crippen molar-refractivity contribution in [2.75, 3.05) is 0 Å². The number of carboxylic acid groups (broad SMARTS) is 1. The highest BCUT2D eigenvalue weighted by Crippen LogP contribution is 2.25. The minimum Gasteiger partial charge on any atom is -0.480 e. The van der Waals surface area contributed by atoms with Crippen molar-refractivity contribution < 1.29 is 19.1 Å². The number of hydrogen-bond donors (Lipinski definition) is 2. The molecule has 2 aromatic rings. The lowest BCUT2D eigenvalue weighted by atomic mass is 10.1. The summed E-state index contributed by atoms with van der Waals surface area (Å²) in [6, 6.07) is 10.7. The van der Waals surface area contributed by atoms with Crippen molar-refractivity contribution in [1.82, 2.24) is 5.32 Å². The maximum Gasteiger partial charge on any atom is 0.326 e. The standard InChI is InChI=1S/C18H21NO4S/c1-2-3-9-15(18(21)22)19-17(20)16-13(10-11-23-16)12-24-14-7-5-4-6-8-14/h4-8,10-11,15H,2-3,9,12H2,1H3,(H,19,20)(H,21,22). The SMILES string of the molecule is CCCCC(NC(=O)c1occc1CSc1ccccc1)C(=O)O. The van der Waals surface area contributed by atoms with Crippen molar-refractivity contribution in [3.63, 3.8) is 0 Å². The van der Waals surface area contributed by atoms with Gasteiger partial charge in [-0.1, -0.05) is 38.0 Å². The number of amides is 1. The number of furan rings is 1. The molecule has 0 fully saturated rings. The summed E-state index contributed by atoms with van der Waals surface area (Å²) in [5.41, 5.74) is 0.751. The van der Waals surface area contributed by atoms with E-state index in [2.05, 4.69) is 5.32 Å². The Balaban J connectivity index is 1.99. The minimum absolute atomic E-state index is 0.182. The van der Waals surface area contributed by atoms with E-state index in [0.29, 0.717) is 12.2 Å². The van der Waals surface area contributed by atoms with Crippen molar-refractivity contribution in [2.45, 2.75) is 42.9 Å². The molecule has 0 bridgehead atoms. The van der Waals surface area contributed by atoms with E-state index in [9.17, 15) is 14.7 Å². The van der Waals surface area contributed by atoms with E-state index < -0.39 is 17.9 Å². The zero-order chi connectivity index (χ0) is 17.4. The molecule has 0 aliphatic rings. The molecule has 5 nitrogen and oxygen atoms in total. The summed E-state index contributed by atoms with van der Waals surface area (Å²) in [6.45, 7) is 1.98. The van der Waals surface area contributed by atoms with Crippen LogP contribution in [0.1, 0.15) is 42.3 Å². The quantitative estimate of drug-likeness (QED) is 0.672. The van der Waals surface area contributed by atoms with Gasteiger partial charge in [0.2, 0.25) is 0 Å². The first-order valence-corrected chi connectivity index (χ1v) is 8.88. The summed E-state index contributed by atoms with van der Waals surface area (Å²) < 4.78 is 5.28. The summed E-state index contributed by atoms with van der Waals surface area (Å²) in [5.74, 6) is -0.743. The largest absolute Gasteiger partial charge is 0.480 e. The van der Waals surface area contributed by atoms with Crippen LogP contribution in [0.4, 0.5) is 0 Å². The van der Waals surface area contributed by atoms with E-state index >= 15 is 0 Å². The molecular weight excluding hydrogens is 326 g/mol. The molecule has 0 aliphatic carbocycles. The van der Waals surface area contributed by atoms with Gasteiger partial charge in [-0.3, -0.25) is 4.79 Å². The fourth-order valence-electron chi connectivity index (χ4n) is 2.22. The van der Waals surface area contributed by atoms with Crippen LogP contribution in [-0.2, 0) is 10.5 Å². The molecule has 0 saturated heterocycles. The van der Waals surface area contributed by atoms with Crippen molar-refractivity contribution in [3.05, 3.63) is 54.0 Å². The molecule has 6 heteroatoms. The highest BCUT2D eigenvalue weighted by molar-refractivity contribution is 7.98. The first-order valence-electron chi connectivity index (χ1n) is 7.89. The summed E-state index contributed by atoms with van der Waals surface area (Å²) in [7, 11) is 0. The Morgan fingerprint density at radius 2 is 2.00 bits per heavy atom. The maximum absolute atomic E-state index is 12.3. The van der Waals surface area contributed by atoms with Gasteiger partial charge in [0, 0.05) is 16.2 Å². The molecule has 1 amide bonds. The first kappa shape index (κ1) is 18.1. The van der Waals surface area contributed by atoms with E-state index in [1.165, 1.54) is 6.26 Å². The maximum atomic E-state index is 12.3. The molecule has 0 spiro atoms. The Morgan fingerprint density at radius 1 is 1.25 bits per heavy atom. The summed E-state index contributed by atoms with van der Waals surface area (Å²) >= 11 is 1.59. The second-order valence-electron chi connectivity index (χ2n) is 5.38. The monoisotopic (exact) mass is 347 g/mol. The van der Waals surface area contributed by atoms with Gasteiger partial charge in [0.15, 0.2) is 5.76 Å². The molecule has 0 aliphatic heterocycles. The van der Waals surface area contributed by atoms with Crippen molar-refractivity contribution in [3.8, 4) is 0 Å². The van der Waals surface area contributed by atoms with Gasteiger partial charge >= 0.3 is 5.97 Å². The van der Waals surface area contributed by atoms with Gasteiger partial charge in [0.1, 0.15) is 6.04 Å². The van der Waals surface area contributed by atoms with Gasteiger partial charge in [0.25, 0.3) is 5.91 Å². The molecule has 128 valence electrons. The van der Waals surface area contributed by atoms with Gasteiger partial charge < -0.3 is 14.8 Å². The number of carboxylic acids is 1. The van der Waals surface area contributed by atoms with Crippen molar-refractivity contribution >= 4 is 23.6 Å². The van der Waals surface area contributed by atoms with Crippen LogP contribution in [0.25, 0.3) is 0 Å². The van der Waals surface area contributed by atoms with Crippen LogP contribution in [0.3, 0.4) is 0 Å². The molecular formula is C18H21NO4S. The second kappa shape index (κ2) is 9.17. The van der Waals surface area contributed by atoms with Crippen LogP contribution in [0.5, 0.6) is 0 Å². The lowest BCUT2D eigenvalue weighted by Gasteiger charge is -2.13. The van der Waals surface area contributed by atoms with Crippen molar-refractivity contribution in [1.29, 1.82) is 0 Å². The number of benzene rings is 1. The van der Waals surface area contributed by atoms with Gasteiger partial charge in [-0.05, 0) is 24.6 Å². The molecule has 1 heterocycles. The molecule has 2 rings (SSSR count).